The Kier molecular flexibility index (Phi) is 7.87. The molecule has 2 aromatic carbocycles. The fourth-order valence-corrected chi connectivity index (χ4v) is 2.77. The molecule has 0 aliphatic carbocycles. The summed E-state index contributed by atoms with van der Waals surface area (Å²) in [7, 11) is 0. The summed E-state index contributed by atoms with van der Waals surface area (Å²) in [6.45, 7) is 4.95. The van der Waals surface area contributed by atoms with E-state index in [-0.39, 0.29) is 11.8 Å². The van der Waals surface area contributed by atoms with Crippen molar-refractivity contribution in [2.24, 2.45) is 0 Å². The van der Waals surface area contributed by atoms with Gasteiger partial charge < -0.3 is 10.2 Å². The maximum Gasteiger partial charge on any atom is 0.242 e. The van der Waals surface area contributed by atoms with Crippen LogP contribution in [0.5, 0.6) is 0 Å². The molecule has 0 bridgehead atoms. The molecular weight excluding hydrogens is 324 g/mol. The highest BCUT2D eigenvalue weighted by atomic mass is 16.2. The van der Waals surface area contributed by atoms with Crippen molar-refractivity contribution in [3.8, 4) is 0 Å². The predicted molar refractivity (Wildman–Crippen MR) is 105 cm³/mol. The van der Waals surface area contributed by atoms with E-state index in [1.54, 1.807) is 11.8 Å². The van der Waals surface area contributed by atoms with Crippen LogP contribution < -0.4 is 5.32 Å². The average Bonchev–Trinajstić information content (AvgIpc) is 2.67. The van der Waals surface area contributed by atoms with E-state index in [0.717, 1.165) is 24.0 Å². The Labute approximate surface area is 156 Å². The van der Waals surface area contributed by atoms with Crippen LogP contribution in [-0.2, 0) is 22.6 Å². The molecule has 2 rings (SSSR count). The highest BCUT2D eigenvalue weighted by Crippen LogP contribution is 2.12. The molecule has 0 unspecified atom stereocenters. The third kappa shape index (κ3) is 6.03. The molecule has 0 fully saturated rings. The van der Waals surface area contributed by atoms with Gasteiger partial charge in [0, 0.05) is 13.1 Å². The Hall–Kier alpha value is -2.62. The van der Waals surface area contributed by atoms with E-state index >= 15 is 0 Å². The van der Waals surface area contributed by atoms with Gasteiger partial charge in [0.15, 0.2) is 0 Å². The molecule has 0 aliphatic rings. The first-order chi connectivity index (χ1) is 12.6. The second kappa shape index (κ2) is 10.4. The molecule has 4 heteroatoms. The van der Waals surface area contributed by atoms with Crippen molar-refractivity contribution in [2.45, 2.75) is 45.7 Å². The number of amides is 2. The van der Waals surface area contributed by atoms with Gasteiger partial charge in [0.05, 0.1) is 6.42 Å². The topological polar surface area (TPSA) is 49.4 Å². The van der Waals surface area contributed by atoms with Gasteiger partial charge in [0.1, 0.15) is 6.04 Å². The fraction of sp³-hybridized carbons (Fsp3) is 0.364. The number of hydrogen-bond donors (Lipinski definition) is 1. The summed E-state index contributed by atoms with van der Waals surface area (Å²) in [5, 5.41) is 2.94. The van der Waals surface area contributed by atoms with Crippen LogP contribution in [0.3, 0.4) is 0 Å². The van der Waals surface area contributed by atoms with Crippen LogP contribution in [0.1, 0.15) is 37.8 Å². The number of nitrogens with zero attached hydrogens (tertiary/aromatic N) is 1. The van der Waals surface area contributed by atoms with Gasteiger partial charge in [-0.3, -0.25) is 9.59 Å². The molecule has 1 N–H and O–H groups in total. The van der Waals surface area contributed by atoms with Crippen LogP contribution in [-0.4, -0.2) is 29.3 Å². The zero-order chi connectivity index (χ0) is 18.8. The summed E-state index contributed by atoms with van der Waals surface area (Å²) in [6, 6.07) is 18.9. The zero-order valence-electron chi connectivity index (χ0n) is 15.7. The average molecular weight is 352 g/mol. The van der Waals surface area contributed by atoms with E-state index in [1.807, 2.05) is 60.7 Å². The largest absolute Gasteiger partial charge is 0.354 e. The highest BCUT2D eigenvalue weighted by molar-refractivity contribution is 5.88. The number of hydrogen-bond acceptors (Lipinski definition) is 2. The lowest BCUT2D eigenvalue weighted by Gasteiger charge is -2.29. The molecule has 0 heterocycles. The van der Waals surface area contributed by atoms with Crippen LogP contribution in [0.25, 0.3) is 0 Å². The third-order valence-corrected chi connectivity index (χ3v) is 4.39. The van der Waals surface area contributed by atoms with E-state index in [4.69, 9.17) is 0 Å². The minimum absolute atomic E-state index is 0.0433. The monoisotopic (exact) mass is 352 g/mol. The normalized spacial score (nSPS) is 11.6. The number of unbranched alkanes of at least 4 members (excludes halogenated alkanes) is 1. The van der Waals surface area contributed by atoms with Gasteiger partial charge in [-0.25, -0.2) is 0 Å². The molecular formula is C22H28N2O2. The Balaban J connectivity index is 2.12. The summed E-state index contributed by atoms with van der Waals surface area (Å²) in [5.74, 6) is -0.144. The Morgan fingerprint density at radius 3 is 2.12 bits per heavy atom. The lowest BCUT2D eigenvalue weighted by atomic mass is 10.1. The molecule has 0 aliphatic heterocycles. The molecule has 4 nitrogen and oxygen atoms in total. The van der Waals surface area contributed by atoms with Crippen LogP contribution in [0, 0.1) is 0 Å². The van der Waals surface area contributed by atoms with Crippen LogP contribution >= 0.6 is 0 Å². The third-order valence-electron chi connectivity index (χ3n) is 4.39. The quantitative estimate of drug-likeness (QED) is 0.702. The van der Waals surface area contributed by atoms with E-state index in [9.17, 15) is 9.59 Å². The summed E-state index contributed by atoms with van der Waals surface area (Å²) in [5.41, 5.74) is 1.97. The SMILES string of the molecule is CCCCNC(=O)[C@H](C)N(Cc1ccccc1)C(=O)Cc1ccccc1. The van der Waals surface area contributed by atoms with Gasteiger partial charge in [-0.15, -0.1) is 0 Å². The van der Waals surface area contributed by atoms with Crippen molar-refractivity contribution in [3.05, 3.63) is 71.8 Å². The molecule has 2 aromatic rings. The first kappa shape index (κ1) is 19.7. The zero-order valence-corrected chi connectivity index (χ0v) is 15.7. The van der Waals surface area contributed by atoms with Gasteiger partial charge >= 0.3 is 0 Å². The van der Waals surface area contributed by atoms with Crippen molar-refractivity contribution >= 4 is 11.8 Å². The summed E-state index contributed by atoms with van der Waals surface area (Å²) < 4.78 is 0. The number of rotatable bonds is 9. The summed E-state index contributed by atoms with van der Waals surface area (Å²) >= 11 is 0. The van der Waals surface area contributed by atoms with Gasteiger partial charge in [-0.1, -0.05) is 74.0 Å². The summed E-state index contributed by atoms with van der Waals surface area (Å²) in [6.07, 6.45) is 2.25. The van der Waals surface area contributed by atoms with E-state index in [2.05, 4.69) is 12.2 Å². The number of benzene rings is 2. The molecule has 0 saturated heterocycles. The predicted octanol–water partition coefficient (Wildman–Crippen LogP) is 3.56. The Bertz CT molecular complexity index is 686. The van der Waals surface area contributed by atoms with Crippen molar-refractivity contribution in [3.63, 3.8) is 0 Å². The summed E-state index contributed by atoms with van der Waals surface area (Å²) in [4.78, 5) is 27.1. The standard InChI is InChI=1S/C22H28N2O2/c1-3-4-15-23-22(26)18(2)24(17-20-13-9-6-10-14-20)21(25)16-19-11-7-5-8-12-19/h5-14,18H,3-4,15-17H2,1-2H3,(H,23,26)/t18-/m0/s1. The van der Waals surface area contributed by atoms with Crippen molar-refractivity contribution in [2.75, 3.05) is 6.54 Å². The highest BCUT2D eigenvalue weighted by Gasteiger charge is 2.25. The van der Waals surface area contributed by atoms with Crippen molar-refractivity contribution in [1.82, 2.24) is 10.2 Å². The smallest absolute Gasteiger partial charge is 0.242 e. The second-order valence-electron chi connectivity index (χ2n) is 6.49. The Morgan fingerprint density at radius 1 is 0.962 bits per heavy atom. The first-order valence-electron chi connectivity index (χ1n) is 9.26. The van der Waals surface area contributed by atoms with Crippen molar-refractivity contribution < 1.29 is 9.59 Å². The molecule has 0 saturated carbocycles. The van der Waals surface area contributed by atoms with Crippen LogP contribution in [0.4, 0.5) is 0 Å². The molecule has 1 atom stereocenters. The van der Waals surface area contributed by atoms with Gasteiger partial charge in [-0.05, 0) is 24.5 Å². The minimum atomic E-state index is -0.511. The molecule has 0 radical (unpaired) electrons. The van der Waals surface area contributed by atoms with E-state index < -0.39 is 6.04 Å². The lowest BCUT2D eigenvalue weighted by Crippen LogP contribution is -2.48. The van der Waals surface area contributed by atoms with E-state index in [1.165, 1.54) is 0 Å². The van der Waals surface area contributed by atoms with Crippen molar-refractivity contribution in [1.29, 1.82) is 0 Å². The minimum Gasteiger partial charge on any atom is -0.354 e. The van der Waals surface area contributed by atoms with Gasteiger partial charge in [0.25, 0.3) is 0 Å². The maximum atomic E-state index is 12.9. The fourth-order valence-electron chi connectivity index (χ4n) is 2.77. The molecule has 26 heavy (non-hydrogen) atoms. The first-order valence-corrected chi connectivity index (χ1v) is 9.26. The van der Waals surface area contributed by atoms with E-state index in [0.29, 0.717) is 19.5 Å². The van der Waals surface area contributed by atoms with Crippen LogP contribution in [0.15, 0.2) is 60.7 Å². The molecule has 2 amide bonds. The Morgan fingerprint density at radius 2 is 1.54 bits per heavy atom. The number of nitrogens with one attached hydrogen (secondary N) is 1. The lowest BCUT2D eigenvalue weighted by molar-refractivity contribution is -0.140. The molecule has 0 spiro atoms. The van der Waals surface area contributed by atoms with Crippen LogP contribution in [0.2, 0.25) is 0 Å². The van der Waals surface area contributed by atoms with Gasteiger partial charge in [-0.2, -0.15) is 0 Å². The molecule has 138 valence electrons. The number of carbonyl (C=O) groups is 2. The number of carbonyl (C=O) groups excluding carboxylic acids is 2. The molecule has 0 aromatic heterocycles. The van der Waals surface area contributed by atoms with Gasteiger partial charge in [0.2, 0.25) is 11.8 Å². The second-order valence-corrected chi connectivity index (χ2v) is 6.49. The maximum absolute atomic E-state index is 12.9.